The Morgan fingerprint density at radius 2 is 2.28 bits per heavy atom. The van der Waals surface area contributed by atoms with Gasteiger partial charge >= 0.3 is 0 Å². The van der Waals surface area contributed by atoms with Gasteiger partial charge in [0.05, 0.1) is 5.69 Å². The SMILES string of the molecule is C[C@]1(C[N+](=O)[O-])C(=O)N2CCCc3cccc1c32. The van der Waals surface area contributed by atoms with Crippen LogP contribution in [0.1, 0.15) is 24.5 Å². The van der Waals surface area contributed by atoms with Crippen molar-refractivity contribution in [1.29, 1.82) is 0 Å². The van der Waals surface area contributed by atoms with Crippen molar-refractivity contribution in [1.82, 2.24) is 0 Å². The molecule has 0 saturated carbocycles. The van der Waals surface area contributed by atoms with E-state index in [4.69, 9.17) is 0 Å². The molecule has 0 N–H and O–H groups in total. The van der Waals surface area contributed by atoms with E-state index in [1.54, 1.807) is 11.8 Å². The van der Waals surface area contributed by atoms with Crippen LogP contribution in [0.3, 0.4) is 0 Å². The molecule has 3 rings (SSSR count). The summed E-state index contributed by atoms with van der Waals surface area (Å²) in [6.45, 7) is 2.03. The fourth-order valence-electron chi connectivity index (χ4n) is 3.12. The minimum atomic E-state index is -1.00. The summed E-state index contributed by atoms with van der Waals surface area (Å²) in [5.74, 6) is -0.124. The highest BCUT2D eigenvalue weighted by Crippen LogP contribution is 2.45. The maximum Gasteiger partial charge on any atom is 0.244 e. The summed E-state index contributed by atoms with van der Waals surface area (Å²) in [4.78, 5) is 24.6. The number of carbonyl (C=O) groups excluding carboxylic acids is 1. The summed E-state index contributed by atoms with van der Waals surface area (Å²) in [7, 11) is 0. The summed E-state index contributed by atoms with van der Waals surface area (Å²) in [5.41, 5.74) is 1.89. The molecule has 1 aromatic rings. The third kappa shape index (κ3) is 1.30. The summed E-state index contributed by atoms with van der Waals surface area (Å²) in [6.07, 6.45) is 1.87. The molecule has 2 aliphatic heterocycles. The van der Waals surface area contributed by atoms with E-state index in [0.717, 1.165) is 29.7 Å². The Bertz CT molecular complexity index is 555. The van der Waals surface area contributed by atoms with E-state index in [9.17, 15) is 14.9 Å². The minimum Gasteiger partial charge on any atom is -0.311 e. The Morgan fingerprint density at radius 1 is 1.50 bits per heavy atom. The van der Waals surface area contributed by atoms with Crippen LogP contribution in [-0.2, 0) is 16.6 Å². The van der Waals surface area contributed by atoms with Gasteiger partial charge in [-0.25, -0.2) is 0 Å². The molecule has 0 spiro atoms. The average molecular weight is 246 g/mol. The number of hydrogen-bond donors (Lipinski definition) is 0. The van der Waals surface area contributed by atoms with Crippen molar-refractivity contribution < 1.29 is 9.72 Å². The van der Waals surface area contributed by atoms with Crippen LogP contribution in [0.5, 0.6) is 0 Å². The molecular weight excluding hydrogens is 232 g/mol. The quantitative estimate of drug-likeness (QED) is 0.587. The first-order valence-electron chi connectivity index (χ1n) is 6.10. The second-order valence-electron chi connectivity index (χ2n) is 5.20. The molecule has 0 radical (unpaired) electrons. The van der Waals surface area contributed by atoms with Crippen molar-refractivity contribution in [3.63, 3.8) is 0 Å². The Labute approximate surface area is 105 Å². The number of nitrogens with zero attached hydrogens (tertiary/aromatic N) is 2. The number of carbonyl (C=O) groups is 1. The molecule has 0 bridgehead atoms. The van der Waals surface area contributed by atoms with Crippen molar-refractivity contribution in [3.8, 4) is 0 Å². The van der Waals surface area contributed by atoms with E-state index in [1.165, 1.54) is 0 Å². The van der Waals surface area contributed by atoms with E-state index < -0.39 is 10.3 Å². The predicted molar refractivity (Wildman–Crippen MR) is 66.3 cm³/mol. The van der Waals surface area contributed by atoms with E-state index >= 15 is 0 Å². The summed E-state index contributed by atoms with van der Waals surface area (Å²) < 4.78 is 0. The number of aryl methyl sites for hydroxylation is 1. The molecule has 0 aromatic heterocycles. The monoisotopic (exact) mass is 246 g/mol. The smallest absolute Gasteiger partial charge is 0.244 e. The van der Waals surface area contributed by atoms with Crippen LogP contribution in [0, 0.1) is 10.1 Å². The number of para-hydroxylation sites is 1. The molecule has 5 heteroatoms. The van der Waals surface area contributed by atoms with Gasteiger partial charge in [-0.1, -0.05) is 18.2 Å². The molecule has 1 amide bonds. The number of rotatable bonds is 2. The molecule has 2 aliphatic rings. The number of nitro groups is 1. The molecule has 94 valence electrons. The molecule has 5 nitrogen and oxygen atoms in total. The minimum absolute atomic E-state index is 0.124. The lowest BCUT2D eigenvalue weighted by molar-refractivity contribution is -0.487. The van der Waals surface area contributed by atoms with E-state index in [-0.39, 0.29) is 12.5 Å². The molecule has 0 unspecified atom stereocenters. The van der Waals surface area contributed by atoms with Gasteiger partial charge in [0.15, 0.2) is 0 Å². The average Bonchev–Trinajstić information content (AvgIpc) is 2.54. The van der Waals surface area contributed by atoms with E-state index in [2.05, 4.69) is 0 Å². The van der Waals surface area contributed by atoms with Crippen molar-refractivity contribution in [2.45, 2.75) is 25.2 Å². The van der Waals surface area contributed by atoms with Gasteiger partial charge < -0.3 is 4.90 Å². The molecule has 1 atom stereocenters. The Balaban J connectivity index is 2.20. The highest BCUT2D eigenvalue weighted by molar-refractivity contribution is 6.09. The van der Waals surface area contributed by atoms with Crippen molar-refractivity contribution in [3.05, 3.63) is 39.4 Å². The van der Waals surface area contributed by atoms with Crippen molar-refractivity contribution in [2.75, 3.05) is 18.0 Å². The molecule has 1 aromatic carbocycles. The predicted octanol–water partition coefficient (Wildman–Crippen LogP) is 1.51. The van der Waals surface area contributed by atoms with Gasteiger partial charge in [0.25, 0.3) is 0 Å². The standard InChI is InChI=1S/C13H14N2O3/c1-13(8-15(17)18)10-6-2-4-9-5-3-7-14(11(9)10)12(13)16/h2,4,6H,3,5,7-8H2,1H3/t13-/m1/s1. The zero-order valence-corrected chi connectivity index (χ0v) is 10.2. The fraction of sp³-hybridized carbons (Fsp3) is 0.462. The molecule has 18 heavy (non-hydrogen) atoms. The van der Waals surface area contributed by atoms with Crippen LogP contribution in [-0.4, -0.2) is 23.9 Å². The zero-order valence-electron chi connectivity index (χ0n) is 10.2. The van der Waals surface area contributed by atoms with Gasteiger partial charge in [-0.15, -0.1) is 0 Å². The first-order chi connectivity index (χ1) is 8.54. The van der Waals surface area contributed by atoms with Crippen molar-refractivity contribution in [2.24, 2.45) is 0 Å². The molecule has 2 heterocycles. The maximum absolute atomic E-state index is 12.5. The van der Waals surface area contributed by atoms with Gasteiger partial charge in [0.1, 0.15) is 5.41 Å². The Morgan fingerprint density at radius 3 is 3.00 bits per heavy atom. The normalized spacial score (nSPS) is 25.2. The largest absolute Gasteiger partial charge is 0.311 e. The fourth-order valence-corrected chi connectivity index (χ4v) is 3.12. The highest BCUT2D eigenvalue weighted by Gasteiger charge is 2.52. The van der Waals surface area contributed by atoms with Gasteiger partial charge in [-0.2, -0.15) is 0 Å². The van der Waals surface area contributed by atoms with Crippen molar-refractivity contribution >= 4 is 11.6 Å². The first kappa shape index (κ1) is 11.2. The van der Waals surface area contributed by atoms with Gasteiger partial charge in [0, 0.05) is 11.5 Å². The van der Waals surface area contributed by atoms with Crippen LogP contribution < -0.4 is 4.90 Å². The lowest BCUT2D eigenvalue weighted by Crippen LogP contribution is -2.43. The second kappa shape index (κ2) is 3.54. The molecule has 0 aliphatic carbocycles. The lowest BCUT2D eigenvalue weighted by Gasteiger charge is -2.25. The molecule has 0 fully saturated rings. The van der Waals surface area contributed by atoms with E-state index in [0.29, 0.717) is 6.54 Å². The summed E-state index contributed by atoms with van der Waals surface area (Å²) in [5, 5.41) is 10.8. The van der Waals surface area contributed by atoms with Gasteiger partial charge in [-0.05, 0) is 30.9 Å². The summed E-state index contributed by atoms with van der Waals surface area (Å²) >= 11 is 0. The maximum atomic E-state index is 12.5. The van der Waals surface area contributed by atoms with Crippen LogP contribution in [0.15, 0.2) is 18.2 Å². The zero-order chi connectivity index (χ0) is 12.9. The molecular formula is C13H14N2O3. The highest BCUT2D eigenvalue weighted by atomic mass is 16.6. The first-order valence-corrected chi connectivity index (χ1v) is 6.10. The number of hydrogen-bond acceptors (Lipinski definition) is 3. The Kier molecular flexibility index (Phi) is 2.20. The number of anilines is 1. The second-order valence-corrected chi connectivity index (χ2v) is 5.20. The third-order valence-electron chi connectivity index (χ3n) is 3.97. The Hall–Kier alpha value is -1.91. The topological polar surface area (TPSA) is 63.5 Å². The van der Waals surface area contributed by atoms with Gasteiger partial charge in [-0.3, -0.25) is 14.9 Å². The molecule has 0 saturated heterocycles. The number of benzene rings is 1. The van der Waals surface area contributed by atoms with Gasteiger partial charge in [0.2, 0.25) is 12.5 Å². The van der Waals surface area contributed by atoms with Crippen LogP contribution in [0.25, 0.3) is 0 Å². The van der Waals surface area contributed by atoms with Crippen LogP contribution in [0.2, 0.25) is 0 Å². The van der Waals surface area contributed by atoms with Crippen LogP contribution in [0.4, 0.5) is 5.69 Å². The van der Waals surface area contributed by atoms with Crippen LogP contribution >= 0.6 is 0 Å². The number of amides is 1. The summed E-state index contributed by atoms with van der Waals surface area (Å²) in [6, 6.07) is 5.76. The third-order valence-corrected chi connectivity index (χ3v) is 3.97. The lowest BCUT2D eigenvalue weighted by atomic mass is 9.83. The van der Waals surface area contributed by atoms with E-state index in [1.807, 2.05) is 18.2 Å².